The predicted molar refractivity (Wildman–Crippen MR) is 132 cm³/mol. The normalized spacial score (nSPS) is 16.9. The lowest BCUT2D eigenvalue weighted by Crippen LogP contribution is -2.50. The number of amides is 2. The molecule has 2 aliphatic rings. The second-order valence-electron chi connectivity index (χ2n) is 8.82. The number of nitrogens with one attached hydrogen (secondary N) is 1. The maximum absolute atomic E-state index is 13.0. The summed E-state index contributed by atoms with van der Waals surface area (Å²) in [6.07, 6.45) is 3.87. The number of hydrogen-bond acceptors (Lipinski definition) is 7. The van der Waals surface area contributed by atoms with Crippen LogP contribution in [0.4, 0.5) is 20.3 Å². The zero-order valence-corrected chi connectivity index (χ0v) is 20.4. The second-order valence-corrected chi connectivity index (χ2v) is 9.26. The number of benzene rings is 1. The van der Waals surface area contributed by atoms with Gasteiger partial charge in [0.25, 0.3) is 11.8 Å². The Kier molecular flexibility index (Phi) is 6.42. The molecule has 1 aromatic carbocycles. The number of aliphatic hydroxyl groups excluding tert-OH is 1. The molecule has 5 rings (SSSR count). The number of alkyl halides is 3. The molecule has 2 N–H and O–H groups in total. The number of nitrogens with zero attached hydrogens (tertiary/aromatic N) is 4. The van der Waals surface area contributed by atoms with E-state index < -0.39 is 11.5 Å². The van der Waals surface area contributed by atoms with Crippen LogP contribution in [0.2, 0.25) is 0 Å². The van der Waals surface area contributed by atoms with Gasteiger partial charge in [0.15, 0.2) is 0 Å². The molecule has 0 unspecified atom stereocenters. The van der Waals surface area contributed by atoms with E-state index in [0.29, 0.717) is 47.0 Å². The number of carbonyl (C=O) groups excluding carboxylic acids is 2. The van der Waals surface area contributed by atoms with Crippen LogP contribution >= 0.6 is 11.6 Å². The van der Waals surface area contributed by atoms with Gasteiger partial charge in [0.2, 0.25) is 0 Å². The van der Waals surface area contributed by atoms with E-state index in [1.54, 1.807) is 30.3 Å². The maximum Gasteiger partial charge on any atom is 0.487 e. The summed E-state index contributed by atoms with van der Waals surface area (Å²) in [6, 6.07) is 8.61. The first-order chi connectivity index (χ1) is 17.6. The van der Waals surface area contributed by atoms with Gasteiger partial charge in [0.1, 0.15) is 11.6 Å². The van der Waals surface area contributed by atoms with Gasteiger partial charge in [-0.15, -0.1) is 8.78 Å². The van der Waals surface area contributed by atoms with Crippen LogP contribution in [0.3, 0.4) is 0 Å². The van der Waals surface area contributed by atoms with Gasteiger partial charge in [0, 0.05) is 54.4 Å². The van der Waals surface area contributed by atoms with E-state index in [0.717, 1.165) is 6.42 Å². The SMILES string of the molecule is CN1Cc2ncc(-c3cc(C(=O)Nc4ccc(OC(F)(F)Cl)cc4)cnc3N3CC[C@@H]3CO)cc2C1=O. The molecular weight excluding hydrogens is 508 g/mol. The Morgan fingerprint density at radius 2 is 1.97 bits per heavy atom. The molecule has 0 radical (unpaired) electrons. The number of fused-ring (bicyclic) bond motifs is 1. The molecule has 192 valence electrons. The highest BCUT2D eigenvalue weighted by Crippen LogP contribution is 2.36. The fourth-order valence-electron chi connectivity index (χ4n) is 4.33. The van der Waals surface area contributed by atoms with Crippen molar-refractivity contribution in [3.8, 4) is 16.9 Å². The van der Waals surface area contributed by atoms with Crippen molar-refractivity contribution in [1.82, 2.24) is 14.9 Å². The first-order valence-electron chi connectivity index (χ1n) is 11.4. The molecule has 2 amide bonds. The summed E-state index contributed by atoms with van der Waals surface area (Å²) in [4.78, 5) is 38.1. The first kappa shape index (κ1) is 24.8. The van der Waals surface area contributed by atoms with Crippen LogP contribution in [-0.2, 0) is 6.54 Å². The number of halogens is 3. The van der Waals surface area contributed by atoms with Crippen LogP contribution in [0.5, 0.6) is 5.75 Å². The van der Waals surface area contributed by atoms with Crippen molar-refractivity contribution in [2.75, 3.05) is 30.4 Å². The van der Waals surface area contributed by atoms with Crippen molar-refractivity contribution >= 4 is 34.9 Å². The van der Waals surface area contributed by atoms with E-state index >= 15 is 0 Å². The van der Waals surface area contributed by atoms with Crippen LogP contribution in [0.15, 0.2) is 48.8 Å². The Bertz CT molecular complexity index is 1360. The molecular formula is C25H22ClF2N5O4. The van der Waals surface area contributed by atoms with Gasteiger partial charge >= 0.3 is 5.57 Å². The second kappa shape index (κ2) is 9.56. The van der Waals surface area contributed by atoms with Gasteiger partial charge < -0.3 is 25.0 Å². The molecule has 3 aromatic rings. The topological polar surface area (TPSA) is 108 Å². The molecule has 0 aliphatic carbocycles. The molecule has 37 heavy (non-hydrogen) atoms. The average Bonchev–Trinajstić information content (AvgIpc) is 3.12. The average molecular weight is 530 g/mol. The highest BCUT2D eigenvalue weighted by Gasteiger charge is 2.32. The van der Waals surface area contributed by atoms with E-state index in [4.69, 9.17) is 11.6 Å². The summed E-state index contributed by atoms with van der Waals surface area (Å²) in [5.74, 6) is -0.206. The van der Waals surface area contributed by atoms with Crippen molar-refractivity contribution in [3.63, 3.8) is 0 Å². The zero-order valence-electron chi connectivity index (χ0n) is 19.6. The van der Waals surface area contributed by atoms with Gasteiger partial charge in [-0.05, 0) is 42.8 Å². The van der Waals surface area contributed by atoms with Crippen LogP contribution in [0, 0.1) is 0 Å². The minimum atomic E-state index is -3.84. The summed E-state index contributed by atoms with van der Waals surface area (Å²) >= 11 is 4.78. The molecule has 1 fully saturated rings. The maximum atomic E-state index is 13.0. The van der Waals surface area contributed by atoms with Crippen molar-refractivity contribution in [2.24, 2.45) is 0 Å². The molecule has 2 aromatic heterocycles. The fourth-order valence-corrected chi connectivity index (χ4v) is 4.42. The van der Waals surface area contributed by atoms with Crippen LogP contribution < -0.4 is 15.0 Å². The van der Waals surface area contributed by atoms with E-state index in [-0.39, 0.29) is 29.9 Å². The monoisotopic (exact) mass is 529 g/mol. The molecule has 1 atom stereocenters. The minimum Gasteiger partial charge on any atom is -0.420 e. The molecule has 2 aliphatic heterocycles. The number of ether oxygens (including phenoxy) is 1. The van der Waals surface area contributed by atoms with E-state index in [9.17, 15) is 23.5 Å². The standard InChI is InChI=1S/C25H22ClF2N5O4/c1-32-12-21-20(24(32)36)8-14(10-29-21)19-9-15(11-30-22(19)33-7-6-17(33)13-34)23(35)31-16-2-4-18(5-3-16)37-25(26,27)28/h2-5,8-11,17,34H,6-7,12-13H2,1H3,(H,31,35)/t17-/m1/s1. The van der Waals surface area contributed by atoms with Crippen molar-refractivity contribution in [3.05, 3.63) is 65.6 Å². The summed E-state index contributed by atoms with van der Waals surface area (Å²) < 4.78 is 29.9. The zero-order chi connectivity index (χ0) is 26.3. The molecule has 12 heteroatoms. The Hall–Kier alpha value is -3.83. The molecule has 0 spiro atoms. The highest BCUT2D eigenvalue weighted by molar-refractivity contribution is 6.20. The number of aromatic nitrogens is 2. The number of pyridine rings is 2. The lowest BCUT2D eigenvalue weighted by atomic mass is 9.98. The molecule has 0 bridgehead atoms. The van der Waals surface area contributed by atoms with Gasteiger partial charge in [-0.1, -0.05) is 0 Å². The lowest BCUT2D eigenvalue weighted by Gasteiger charge is -2.41. The molecule has 9 nitrogen and oxygen atoms in total. The van der Waals surface area contributed by atoms with Crippen LogP contribution in [0.1, 0.15) is 32.8 Å². The number of aliphatic hydroxyl groups is 1. The Labute approximate surface area is 215 Å². The summed E-state index contributed by atoms with van der Waals surface area (Å²) in [7, 11) is 1.70. The third-order valence-corrected chi connectivity index (χ3v) is 6.42. The number of hydrogen-bond donors (Lipinski definition) is 2. The Morgan fingerprint density at radius 3 is 2.62 bits per heavy atom. The lowest BCUT2D eigenvalue weighted by molar-refractivity contribution is -0.0964. The Morgan fingerprint density at radius 1 is 1.22 bits per heavy atom. The van der Waals surface area contributed by atoms with Crippen molar-refractivity contribution in [1.29, 1.82) is 0 Å². The van der Waals surface area contributed by atoms with Gasteiger partial charge in [0.05, 0.1) is 36.0 Å². The van der Waals surface area contributed by atoms with E-state index in [1.165, 1.54) is 30.5 Å². The first-order valence-corrected chi connectivity index (χ1v) is 11.8. The molecule has 1 saturated heterocycles. The minimum absolute atomic E-state index is 0.0373. The van der Waals surface area contributed by atoms with Crippen molar-refractivity contribution < 1.29 is 28.2 Å². The van der Waals surface area contributed by atoms with E-state index in [2.05, 4.69) is 20.0 Å². The molecule has 0 saturated carbocycles. The van der Waals surface area contributed by atoms with Gasteiger partial charge in [-0.2, -0.15) is 0 Å². The summed E-state index contributed by atoms with van der Waals surface area (Å²) in [5, 5.41) is 12.4. The third kappa shape index (κ3) is 5.05. The number of rotatable bonds is 7. The van der Waals surface area contributed by atoms with Gasteiger partial charge in [-0.25, -0.2) is 4.98 Å². The number of carbonyl (C=O) groups is 2. The van der Waals surface area contributed by atoms with Crippen LogP contribution in [-0.4, -0.2) is 63.6 Å². The highest BCUT2D eigenvalue weighted by atomic mass is 35.5. The fraction of sp³-hybridized carbons (Fsp3) is 0.280. The van der Waals surface area contributed by atoms with Gasteiger partial charge in [-0.3, -0.25) is 14.6 Å². The molecule has 4 heterocycles. The summed E-state index contributed by atoms with van der Waals surface area (Å²) in [6.45, 7) is 1.07. The largest absolute Gasteiger partial charge is 0.487 e. The predicted octanol–water partition coefficient (Wildman–Crippen LogP) is 3.72. The van der Waals surface area contributed by atoms with Crippen molar-refractivity contribution in [2.45, 2.75) is 24.6 Å². The third-order valence-electron chi connectivity index (χ3n) is 6.35. The summed E-state index contributed by atoms with van der Waals surface area (Å²) in [5.41, 5.74) is -0.882. The number of anilines is 2. The van der Waals surface area contributed by atoms with Crippen LogP contribution in [0.25, 0.3) is 11.1 Å². The van der Waals surface area contributed by atoms with E-state index in [1.807, 2.05) is 4.90 Å². The smallest absolute Gasteiger partial charge is 0.420 e. The Balaban J connectivity index is 1.45. The quantitative estimate of drug-likeness (QED) is 0.449.